The van der Waals surface area contributed by atoms with E-state index in [9.17, 15) is 20.1 Å². The van der Waals surface area contributed by atoms with Crippen LogP contribution in [0.4, 0.5) is 5.69 Å². The van der Waals surface area contributed by atoms with Gasteiger partial charge in [0.05, 0.1) is 28.1 Å². The van der Waals surface area contributed by atoms with Gasteiger partial charge in [-0.1, -0.05) is 0 Å². The van der Waals surface area contributed by atoms with E-state index in [0.29, 0.717) is 16.7 Å². The molecule has 0 radical (unpaired) electrons. The number of carbonyl (C=O) groups is 1. The Labute approximate surface area is 229 Å². The number of likely N-dealkylation sites (tertiary alicyclic amines) is 1. The number of H-pyrrole nitrogens is 1. The fourth-order valence-electron chi connectivity index (χ4n) is 4.26. The molecule has 0 unspecified atom stereocenters. The molecule has 1 saturated heterocycles. The number of pyridine rings is 2. The molecule has 5 rings (SSSR count). The standard InChI is InChI=1S/C25H25N5O4.2BrH/c1-29(17-11-22(31)24(33)23(32)12-17)25(34)21-13-20-19(28-21)5-4-18(27-20)15-6-7-26-16(10-15)14-30-8-2-3-9-30;;/h4-7,10-13,28,31-33H,2-3,8-9,14H2,1H3;2*1H. The van der Waals surface area contributed by atoms with Crippen molar-refractivity contribution in [3.8, 4) is 28.5 Å². The van der Waals surface area contributed by atoms with Gasteiger partial charge in [0.25, 0.3) is 5.91 Å². The van der Waals surface area contributed by atoms with Gasteiger partial charge < -0.3 is 25.2 Å². The molecule has 1 amide bonds. The highest BCUT2D eigenvalue weighted by molar-refractivity contribution is 8.93. The van der Waals surface area contributed by atoms with Crippen molar-refractivity contribution >= 4 is 56.6 Å². The average molecular weight is 621 g/mol. The maximum atomic E-state index is 13.0. The molecule has 0 atom stereocenters. The van der Waals surface area contributed by atoms with E-state index >= 15 is 0 Å². The smallest absolute Gasteiger partial charge is 0.274 e. The van der Waals surface area contributed by atoms with Gasteiger partial charge in [0.15, 0.2) is 17.2 Å². The van der Waals surface area contributed by atoms with Gasteiger partial charge in [0.1, 0.15) is 5.69 Å². The van der Waals surface area contributed by atoms with E-state index < -0.39 is 17.2 Å². The maximum Gasteiger partial charge on any atom is 0.274 e. The normalized spacial score (nSPS) is 13.2. The summed E-state index contributed by atoms with van der Waals surface area (Å²) in [5.41, 5.74) is 4.65. The van der Waals surface area contributed by atoms with Crippen LogP contribution in [0.1, 0.15) is 29.0 Å². The summed E-state index contributed by atoms with van der Waals surface area (Å²) >= 11 is 0. The number of nitrogens with one attached hydrogen (secondary N) is 1. The number of amides is 1. The number of aromatic hydroxyl groups is 3. The number of aromatic nitrogens is 3. The lowest BCUT2D eigenvalue weighted by molar-refractivity contribution is 0.0989. The quantitative estimate of drug-likeness (QED) is 0.237. The fraction of sp³-hybridized carbons (Fsp3) is 0.240. The number of phenolic OH excluding ortho intramolecular Hbond substituents is 3. The first-order valence-corrected chi connectivity index (χ1v) is 11.1. The molecule has 11 heteroatoms. The molecule has 1 aliphatic heterocycles. The third-order valence-electron chi connectivity index (χ3n) is 6.15. The van der Waals surface area contributed by atoms with E-state index in [4.69, 9.17) is 4.98 Å². The zero-order valence-electron chi connectivity index (χ0n) is 19.5. The van der Waals surface area contributed by atoms with Crippen LogP contribution in [-0.4, -0.2) is 61.2 Å². The highest BCUT2D eigenvalue weighted by atomic mass is 79.9. The number of benzene rings is 1. The fourth-order valence-corrected chi connectivity index (χ4v) is 4.26. The molecule has 0 aliphatic carbocycles. The van der Waals surface area contributed by atoms with E-state index in [2.05, 4.69) is 20.9 Å². The van der Waals surface area contributed by atoms with Crippen molar-refractivity contribution in [2.75, 3.05) is 25.0 Å². The Morgan fingerprint density at radius 3 is 2.42 bits per heavy atom. The van der Waals surface area contributed by atoms with Crippen molar-refractivity contribution in [3.05, 3.63) is 60.0 Å². The number of phenols is 3. The minimum Gasteiger partial charge on any atom is -0.504 e. The van der Waals surface area contributed by atoms with Crippen LogP contribution in [0.15, 0.2) is 48.7 Å². The van der Waals surface area contributed by atoms with Crippen LogP contribution in [0.2, 0.25) is 0 Å². The molecule has 1 aromatic carbocycles. The second kappa shape index (κ2) is 11.3. The third-order valence-corrected chi connectivity index (χ3v) is 6.15. The van der Waals surface area contributed by atoms with Gasteiger partial charge in [-0.3, -0.25) is 14.7 Å². The number of rotatable bonds is 5. The van der Waals surface area contributed by atoms with Crippen LogP contribution in [-0.2, 0) is 6.54 Å². The predicted molar refractivity (Wildman–Crippen MR) is 149 cm³/mol. The van der Waals surface area contributed by atoms with Gasteiger partial charge in [-0.2, -0.15) is 0 Å². The molecule has 36 heavy (non-hydrogen) atoms. The molecule has 9 nitrogen and oxygen atoms in total. The molecule has 4 N–H and O–H groups in total. The Morgan fingerprint density at radius 2 is 1.72 bits per heavy atom. The summed E-state index contributed by atoms with van der Waals surface area (Å²) in [5.74, 6) is -2.05. The van der Waals surface area contributed by atoms with Crippen molar-refractivity contribution in [2.45, 2.75) is 19.4 Å². The number of nitrogens with zero attached hydrogens (tertiary/aromatic N) is 4. The average Bonchev–Trinajstić information content (AvgIpc) is 3.50. The van der Waals surface area contributed by atoms with Crippen molar-refractivity contribution < 1.29 is 20.1 Å². The SMILES string of the molecule is Br.Br.CN(C(=O)c1cc2nc(-c3ccnc(CN4CCCC4)c3)ccc2[nH]1)c1cc(O)c(O)c(O)c1. The van der Waals surface area contributed by atoms with Crippen molar-refractivity contribution in [3.63, 3.8) is 0 Å². The molecule has 4 aromatic rings. The number of fused-ring (bicyclic) bond motifs is 1. The van der Waals surface area contributed by atoms with Crippen LogP contribution in [0.5, 0.6) is 17.2 Å². The Kier molecular flexibility index (Phi) is 8.59. The van der Waals surface area contributed by atoms with E-state index in [1.165, 1.54) is 36.9 Å². The van der Waals surface area contributed by atoms with E-state index in [0.717, 1.165) is 36.6 Å². The lowest BCUT2D eigenvalue weighted by atomic mass is 10.1. The van der Waals surface area contributed by atoms with Crippen LogP contribution in [0.25, 0.3) is 22.3 Å². The second-order valence-electron chi connectivity index (χ2n) is 8.53. The summed E-state index contributed by atoms with van der Waals surface area (Å²) in [6, 6.07) is 11.9. The minimum absolute atomic E-state index is 0. The molecule has 190 valence electrons. The number of hydrogen-bond acceptors (Lipinski definition) is 7. The number of halogens is 2. The first-order valence-electron chi connectivity index (χ1n) is 11.1. The zero-order valence-corrected chi connectivity index (χ0v) is 22.9. The maximum absolute atomic E-state index is 13.0. The predicted octanol–water partition coefficient (Wildman–Crippen LogP) is 4.77. The van der Waals surface area contributed by atoms with Gasteiger partial charge in [0.2, 0.25) is 0 Å². The van der Waals surface area contributed by atoms with E-state index in [-0.39, 0.29) is 45.6 Å². The minimum atomic E-state index is -0.633. The van der Waals surface area contributed by atoms with Gasteiger partial charge >= 0.3 is 0 Å². The summed E-state index contributed by atoms with van der Waals surface area (Å²) in [4.78, 5) is 29.0. The Bertz CT molecular complexity index is 1370. The van der Waals surface area contributed by atoms with E-state index in [1.807, 2.05) is 18.2 Å². The Hall–Kier alpha value is -3.15. The molecule has 0 spiro atoms. The molecular weight excluding hydrogens is 594 g/mol. The topological polar surface area (TPSA) is 126 Å². The summed E-state index contributed by atoms with van der Waals surface area (Å²) in [6.07, 6.45) is 4.27. The first kappa shape index (κ1) is 27.4. The summed E-state index contributed by atoms with van der Waals surface area (Å²) in [7, 11) is 1.51. The van der Waals surface area contributed by atoms with Gasteiger partial charge in [-0.15, -0.1) is 34.0 Å². The van der Waals surface area contributed by atoms with Crippen LogP contribution < -0.4 is 4.90 Å². The Morgan fingerprint density at radius 1 is 1.03 bits per heavy atom. The summed E-state index contributed by atoms with van der Waals surface area (Å²) in [6.45, 7) is 3.04. The lowest BCUT2D eigenvalue weighted by Gasteiger charge is -2.17. The molecule has 3 aromatic heterocycles. The lowest BCUT2D eigenvalue weighted by Crippen LogP contribution is -2.26. The second-order valence-corrected chi connectivity index (χ2v) is 8.53. The molecule has 0 saturated carbocycles. The number of hydrogen-bond donors (Lipinski definition) is 4. The van der Waals surface area contributed by atoms with Crippen LogP contribution >= 0.6 is 34.0 Å². The molecule has 1 fully saturated rings. The summed E-state index contributed by atoms with van der Waals surface area (Å²) in [5, 5.41) is 29.1. The highest BCUT2D eigenvalue weighted by Gasteiger charge is 2.20. The van der Waals surface area contributed by atoms with E-state index in [1.54, 1.807) is 12.3 Å². The van der Waals surface area contributed by atoms with Gasteiger partial charge in [-0.05, 0) is 56.3 Å². The highest BCUT2D eigenvalue weighted by Crippen LogP contribution is 2.38. The molecule has 0 bridgehead atoms. The zero-order chi connectivity index (χ0) is 23.8. The van der Waals surface area contributed by atoms with Crippen LogP contribution in [0, 0.1) is 0 Å². The summed E-state index contributed by atoms with van der Waals surface area (Å²) < 4.78 is 0. The van der Waals surface area contributed by atoms with Crippen molar-refractivity contribution in [1.29, 1.82) is 0 Å². The monoisotopic (exact) mass is 619 g/mol. The van der Waals surface area contributed by atoms with Gasteiger partial charge in [0, 0.05) is 37.5 Å². The van der Waals surface area contributed by atoms with Crippen molar-refractivity contribution in [2.24, 2.45) is 0 Å². The van der Waals surface area contributed by atoms with Gasteiger partial charge in [-0.25, -0.2) is 4.98 Å². The molecular formula is C25H27Br2N5O4. The Balaban J connectivity index is 0.00000180. The molecule has 1 aliphatic rings. The third kappa shape index (κ3) is 5.48. The number of aromatic amines is 1. The number of anilines is 1. The first-order chi connectivity index (χ1) is 16.4. The number of carbonyl (C=O) groups excluding carboxylic acids is 1. The largest absolute Gasteiger partial charge is 0.504 e. The molecule has 4 heterocycles. The van der Waals surface area contributed by atoms with Crippen molar-refractivity contribution in [1.82, 2.24) is 19.9 Å². The van der Waals surface area contributed by atoms with Crippen LogP contribution in [0.3, 0.4) is 0 Å².